The van der Waals surface area contributed by atoms with Crippen molar-refractivity contribution in [3.63, 3.8) is 0 Å². The van der Waals surface area contributed by atoms with Gasteiger partial charge in [0.25, 0.3) is 0 Å². The first-order chi connectivity index (χ1) is 10.7. The standard InChI is InChI=1S/C17H22FNO4/c1-17(2,3)23-16(22)19-9-8-12(14(19)15(20)21)10-11-4-6-13(18)7-5-11/h4-7,12,14H,8-10H2,1-3H3,(H,20,21). The van der Waals surface area contributed by atoms with Crippen molar-refractivity contribution >= 4 is 12.1 Å². The average Bonchev–Trinajstić information content (AvgIpc) is 2.83. The Morgan fingerprint density at radius 3 is 2.43 bits per heavy atom. The van der Waals surface area contributed by atoms with E-state index in [9.17, 15) is 19.1 Å². The number of aliphatic carboxylic acids is 1. The molecule has 2 atom stereocenters. The molecule has 126 valence electrons. The number of ether oxygens (including phenoxy) is 1. The normalized spacial score (nSPS) is 21.3. The Hall–Kier alpha value is -2.11. The number of carboxylic acids is 1. The highest BCUT2D eigenvalue weighted by Crippen LogP contribution is 2.29. The van der Waals surface area contributed by atoms with Crippen LogP contribution in [-0.2, 0) is 16.0 Å². The van der Waals surface area contributed by atoms with E-state index in [2.05, 4.69) is 0 Å². The summed E-state index contributed by atoms with van der Waals surface area (Å²) in [5.41, 5.74) is 0.184. The monoisotopic (exact) mass is 323 g/mol. The van der Waals surface area contributed by atoms with Gasteiger partial charge in [-0.2, -0.15) is 0 Å². The summed E-state index contributed by atoms with van der Waals surface area (Å²) in [6.45, 7) is 5.57. The molecule has 2 rings (SSSR count). The number of carbonyl (C=O) groups excluding carboxylic acids is 1. The number of rotatable bonds is 3. The number of nitrogens with zero attached hydrogens (tertiary/aromatic N) is 1. The summed E-state index contributed by atoms with van der Waals surface area (Å²) < 4.78 is 18.3. The molecule has 1 fully saturated rings. The average molecular weight is 323 g/mol. The third-order valence-electron chi connectivity index (χ3n) is 3.82. The zero-order chi connectivity index (χ0) is 17.2. The molecule has 1 aromatic carbocycles. The smallest absolute Gasteiger partial charge is 0.411 e. The molecule has 1 heterocycles. The molecule has 1 aliphatic rings. The van der Waals surface area contributed by atoms with E-state index in [4.69, 9.17) is 4.74 Å². The number of likely N-dealkylation sites (tertiary alicyclic amines) is 1. The molecule has 0 spiro atoms. The van der Waals surface area contributed by atoms with Crippen molar-refractivity contribution < 1.29 is 23.8 Å². The van der Waals surface area contributed by atoms with Crippen LogP contribution in [0.25, 0.3) is 0 Å². The Bertz CT molecular complexity index is 579. The van der Waals surface area contributed by atoms with E-state index in [0.717, 1.165) is 5.56 Å². The molecule has 1 aliphatic heterocycles. The number of carbonyl (C=O) groups is 2. The molecule has 5 nitrogen and oxygen atoms in total. The fourth-order valence-corrected chi connectivity index (χ4v) is 2.85. The van der Waals surface area contributed by atoms with Crippen LogP contribution in [0.1, 0.15) is 32.8 Å². The summed E-state index contributed by atoms with van der Waals surface area (Å²) in [6, 6.07) is 5.07. The molecule has 1 saturated heterocycles. The quantitative estimate of drug-likeness (QED) is 0.928. The Morgan fingerprint density at radius 2 is 1.91 bits per heavy atom. The van der Waals surface area contributed by atoms with Crippen LogP contribution in [0.5, 0.6) is 0 Å². The van der Waals surface area contributed by atoms with Gasteiger partial charge in [0, 0.05) is 6.54 Å². The first-order valence-corrected chi connectivity index (χ1v) is 7.64. The number of halogens is 1. The molecule has 6 heteroatoms. The predicted octanol–water partition coefficient (Wildman–Crippen LogP) is 3.08. The molecule has 0 radical (unpaired) electrons. The number of hydrogen-bond acceptors (Lipinski definition) is 3. The summed E-state index contributed by atoms with van der Waals surface area (Å²) in [5.74, 6) is -1.59. The minimum Gasteiger partial charge on any atom is -0.480 e. The zero-order valence-corrected chi connectivity index (χ0v) is 13.6. The third kappa shape index (κ3) is 4.43. The van der Waals surface area contributed by atoms with Crippen molar-refractivity contribution in [2.24, 2.45) is 5.92 Å². The van der Waals surface area contributed by atoms with Crippen LogP contribution in [0.15, 0.2) is 24.3 Å². The topological polar surface area (TPSA) is 66.8 Å². The van der Waals surface area contributed by atoms with Crippen LogP contribution in [-0.4, -0.2) is 40.3 Å². The van der Waals surface area contributed by atoms with Crippen molar-refractivity contribution in [1.82, 2.24) is 4.90 Å². The largest absolute Gasteiger partial charge is 0.480 e. The minimum absolute atomic E-state index is 0.217. The second-order valence-electron chi connectivity index (χ2n) is 6.84. The molecule has 0 saturated carbocycles. The van der Waals surface area contributed by atoms with Gasteiger partial charge in [0.15, 0.2) is 0 Å². The summed E-state index contributed by atoms with van der Waals surface area (Å²) in [7, 11) is 0. The van der Waals surface area contributed by atoms with Gasteiger partial charge in [-0.1, -0.05) is 12.1 Å². The predicted molar refractivity (Wildman–Crippen MR) is 82.6 cm³/mol. The SMILES string of the molecule is CC(C)(C)OC(=O)N1CCC(Cc2ccc(F)cc2)C1C(=O)O. The first-order valence-electron chi connectivity index (χ1n) is 7.64. The van der Waals surface area contributed by atoms with Crippen LogP contribution >= 0.6 is 0 Å². The van der Waals surface area contributed by atoms with Gasteiger partial charge in [-0.3, -0.25) is 4.90 Å². The molecule has 1 N–H and O–H groups in total. The lowest BCUT2D eigenvalue weighted by Gasteiger charge is -2.28. The van der Waals surface area contributed by atoms with Crippen LogP contribution in [0.4, 0.5) is 9.18 Å². The van der Waals surface area contributed by atoms with E-state index >= 15 is 0 Å². The lowest BCUT2D eigenvalue weighted by molar-refractivity contribution is -0.143. The number of hydrogen-bond donors (Lipinski definition) is 1. The van der Waals surface area contributed by atoms with E-state index in [1.807, 2.05) is 0 Å². The van der Waals surface area contributed by atoms with E-state index in [0.29, 0.717) is 19.4 Å². The fourth-order valence-electron chi connectivity index (χ4n) is 2.85. The van der Waals surface area contributed by atoms with E-state index < -0.39 is 23.7 Å². The molecule has 0 aliphatic carbocycles. The Morgan fingerprint density at radius 1 is 1.30 bits per heavy atom. The van der Waals surface area contributed by atoms with Gasteiger partial charge in [-0.15, -0.1) is 0 Å². The van der Waals surface area contributed by atoms with Gasteiger partial charge in [-0.25, -0.2) is 14.0 Å². The molecule has 0 aromatic heterocycles. The minimum atomic E-state index is -1.04. The lowest BCUT2D eigenvalue weighted by atomic mass is 9.92. The lowest BCUT2D eigenvalue weighted by Crippen LogP contribution is -2.45. The zero-order valence-electron chi connectivity index (χ0n) is 13.6. The van der Waals surface area contributed by atoms with Gasteiger partial charge in [0.1, 0.15) is 17.5 Å². The summed E-state index contributed by atoms with van der Waals surface area (Å²) >= 11 is 0. The second kappa shape index (κ2) is 6.56. The van der Waals surface area contributed by atoms with Crippen LogP contribution in [0.2, 0.25) is 0 Å². The Labute approximate surface area is 135 Å². The van der Waals surface area contributed by atoms with Gasteiger partial charge in [0.2, 0.25) is 0 Å². The van der Waals surface area contributed by atoms with Gasteiger partial charge >= 0.3 is 12.1 Å². The summed E-state index contributed by atoms with van der Waals surface area (Å²) in [4.78, 5) is 25.1. The maximum absolute atomic E-state index is 13.0. The maximum Gasteiger partial charge on any atom is 0.411 e. The highest BCUT2D eigenvalue weighted by atomic mass is 19.1. The molecule has 1 amide bonds. The van der Waals surface area contributed by atoms with Crippen molar-refractivity contribution in [3.05, 3.63) is 35.6 Å². The van der Waals surface area contributed by atoms with Gasteiger partial charge in [0.05, 0.1) is 0 Å². The number of benzene rings is 1. The van der Waals surface area contributed by atoms with Crippen LogP contribution in [0.3, 0.4) is 0 Å². The highest BCUT2D eigenvalue weighted by molar-refractivity contribution is 5.81. The summed E-state index contributed by atoms with van der Waals surface area (Å²) in [5, 5.41) is 9.51. The van der Waals surface area contributed by atoms with Gasteiger partial charge in [-0.05, 0) is 57.2 Å². The molecule has 1 aromatic rings. The van der Waals surface area contributed by atoms with E-state index in [1.165, 1.54) is 17.0 Å². The molecular formula is C17H22FNO4. The maximum atomic E-state index is 13.0. The Kier molecular flexibility index (Phi) is 4.92. The van der Waals surface area contributed by atoms with E-state index in [-0.39, 0.29) is 11.7 Å². The Balaban J connectivity index is 2.11. The number of amides is 1. The molecule has 2 unspecified atom stereocenters. The van der Waals surface area contributed by atoms with Crippen molar-refractivity contribution in [1.29, 1.82) is 0 Å². The third-order valence-corrected chi connectivity index (χ3v) is 3.82. The second-order valence-corrected chi connectivity index (χ2v) is 6.84. The van der Waals surface area contributed by atoms with Crippen LogP contribution < -0.4 is 0 Å². The van der Waals surface area contributed by atoms with Crippen molar-refractivity contribution in [2.75, 3.05) is 6.54 Å². The molecular weight excluding hydrogens is 301 g/mol. The van der Waals surface area contributed by atoms with E-state index in [1.54, 1.807) is 32.9 Å². The number of carboxylic acid groups (broad SMARTS) is 1. The molecule has 23 heavy (non-hydrogen) atoms. The fraction of sp³-hybridized carbons (Fsp3) is 0.529. The summed E-state index contributed by atoms with van der Waals surface area (Å²) in [6.07, 6.45) is 0.455. The van der Waals surface area contributed by atoms with Gasteiger partial charge < -0.3 is 9.84 Å². The highest BCUT2D eigenvalue weighted by Gasteiger charge is 2.43. The van der Waals surface area contributed by atoms with Crippen molar-refractivity contribution in [3.8, 4) is 0 Å². The van der Waals surface area contributed by atoms with Crippen LogP contribution in [0, 0.1) is 11.7 Å². The van der Waals surface area contributed by atoms with Crippen molar-refractivity contribution in [2.45, 2.75) is 45.3 Å². The first kappa shape index (κ1) is 17.2. The molecule has 0 bridgehead atoms.